The van der Waals surface area contributed by atoms with E-state index in [-0.39, 0.29) is 27.6 Å². The van der Waals surface area contributed by atoms with E-state index in [1.165, 1.54) is 13.0 Å². The Balaban J connectivity index is 2.37. The molecule has 0 spiro atoms. The second-order valence-corrected chi connectivity index (χ2v) is 5.14. The molecule has 2 rings (SSSR count). The van der Waals surface area contributed by atoms with Gasteiger partial charge in [-0.05, 0) is 11.6 Å². The van der Waals surface area contributed by atoms with Gasteiger partial charge in [0.15, 0.2) is 11.5 Å². The number of halogens is 2. The summed E-state index contributed by atoms with van der Waals surface area (Å²) in [5.41, 5.74) is -0.146. The molecule has 0 atom stereocenters. The van der Waals surface area contributed by atoms with Gasteiger partial charge >= 0.3 is 5.97 Å². The summed E-state index contributed by atoms with van der Waals surface area (Å²) in [6.45, 7) is 1.24. The van der Waals surface area contributed by atoms with Crippen LogP contribution < -0.4 is 0 Å². The third-order valence-electron chi connectivity index (χ3n) is 2.55. The minimum Gasteiger partial charge on any atom is -0.476 e. The largest absolute Gasteiger partial charge is 0.476 e. The van der Waals surface area contributed by atoms with Gasteiger partial charge in [0, 0.05) is 19.4 Å². The van der Waals surface area contributed by atoms with Gasteiger partial charge in [0.1, 0.15) is 16.5 Å². The number of hydrogen-bond donors (Lipinski definition) is 1. The first-order valence-electron chi connectivity index (χ1n) is 5.56. The van der Waals surface area contributed by atoms with Gasteiger partial charge in [-0.15, -0.1) is 11.3 Å². The highest BCUT2D eigenvalue weighted by Crippen LogP contribution is 2.23. The predicted molar refractivity (Wildman–Crippen MR) is 68.2 cm³/mol. The molecule has 20 heavy (non-hydrogen) atoms. The Labute approximate surface area is 116 Å². The number of carbonyl (C=O) groups excluding carboxylic acids is 1. The molecule has 0 saturated heterocycles. The van der Waals surface area contributed by atoms with E-state index in [2.05, 4.69) is 4.98 Å². The molecule has 2 aromatic rings. The standard InChI is InChI=1S/C13H9F2NO3S/c1-6(17)12-11(13(18)19)16-10(20-12)4-7-2-3-8(14)5-9(7)15/h2-3,5H,4H2,1H3,(H,18,19). The van der Waals surface area contributed by atoms with Crippen LogP contribution in [-0.2, 0) is 6.42 Å². The fourth-order valence-corrected chi connectivity index (χ4v) is 2.63. The maximum Gasteiger partial charge on any atom is 0.356 e. The first-order chi connectivity index (χ1) is 9.38. The van der Waals surface area contributed by atoms with Gasteiger partial charge < -0.3 is 5.11 Å². The molecule has 0 aliphatic rings. The highest BCUT2D eigenvalue weighted by molar-refractivity contribution is 7.14. The monoisotopic (exact) mass is 297 g/mol. The lowest BCUT2D eigenvalue weighted by Gasteiger charge is -2.00. The van der Waals surface area contributed by atoms with E-state index in [0.29, 0.717) is 0 Å². The van der Waals surface area contributed by atoms with Crippen molar-refractivity contribution in [2.75, 3.05) is 0 Å². The molecule has 0 fully saturated rings. The Morgan fingerprint density at radius 2 is 2.05 bits per heavy atom. The number of carbonyl (C=O) groups is 2. The Morgan fingerprint density at radius 1 is 1.35 bits per heavy atom. The number of ketones is 1. The van der Waals surface area contributed by atoms with Crippen LogP contribution in [0.4, 0.5) is 8.78 Å². The molecule has 0 aliphatic carbocycles. The number of Topliss-reactive ketones (excluding diaryl/α,β-unsaturated/α-hetero) is 1. The minimum atomic E-state index is -1.31. The Hall–Kier alpha value is -2.15. The summed E-state index contributed by atoms with van der Waals surface area (Å²) in [4.78, 5) is 26.2. The molecule has 1 N–H and O–H groups in total. The summed E-state index contributed by atoms with van der Waals surface area (Å²) in [7, 11) is 0. The third kappa shape index (κ3) is 2.88. The quantitative estimate of drug-likeness (QED) is 0.881. The topological polar surface area (TPSA) is 67.3 Å². The number of hydrogen-bond acceptors (Lipinski definition) is 4. The van der Waals surface area contributed by atoms with Crippen molar-refractivity contribution in [3.05, 3.63) is 51.0 Å². The van der Waals surface area contributed by atoms with E-state index in [0.717, 1.165) is 23.5 Å². The van der Waals surface area contributed by atoms with Gasteiger partial charge in [-0.1, -0.05) is 6.07 Å². The summed E-state index contributed by atoms with van der Waals surface area (Å²) in [5.74, 6) is -3.15. The van der Waals surface area contributed by atoms with Crippen LogP contribution in [0.2, 0.25) is 0 Å². The first kappa shape index (κ1) is 14.3. The lowest BCUT2D eigenvalue weighted by molar-refractivity contribution is 0.0687. The van der Waals surface area contributed by atoms with Gasteiger partial charge in [-0.3, -0.25) is 4.79 Å². The maximum absolute atomic E-state index is 13.5. The summed E-state index contributed by atoms with van der Waals surface area (Å²) in [6, 6.07) is 3.11. The fourth-order valence-electron chi connectivity index (χ4n) is 1.65. The average molecular weight is 297 g/mol. The molecule has 0 unspecified atom stereocenters. The van der Waals surface area contributed by atoms with Crippen molar-refractivity contribution < 1.29 is 23.5 Å². The number of nitrogens with zero attached hydrogens (tertiary/aromatic N) is 1. The molecular weight excluding hydrogens is 288 g/mol. The van der Waals surface area contributed by atoms with E-state index in [1.807, 2.05) is 0 Å². The molecular formula is C13H9F2NO3S. The van der Waals surface area contributed by atoms with E-state index in [4.69, 9.17) is 5.11 Å². The zero-order valence-electron chi connectivity index (χ0n) is 10.3. The van der Waals surface area contributed by atoms with Gasteiger partial charge in [-0.2, -0.15) is 0 Å². The summed E-state index contributed by atoms with van der Waals surface area (Å²) in [6.07, 6.45) is 0.00431. The highest BCUT2D eigenvalue weighted by Gasteiger charge is 2.21. The third-order valence-corrected chi connectivity index (χ3v) is 3.71. The molecule has 0 radical (unpaired) electrons. The molecule has 1 heterocycles. The normalized spacial score (nSPS) is 10.6. The Bertz CT molecular complexity index is 665. The molecule has 0 aliphatic heterocycles. The van der Waals surface area contributed by atoms with Crippen molar-refractivity contribution in [1.82, 2.24) is 4.98 Å². The van der Waals surface area contributed by atoms with Crippen LogP contribution in [0.5, 0.6) is 0 Å². The van der Waals surface area contributed by atoms with Crippen LogP contribution in [0.1, 0.15) is 37.7 Å². The number of rotatable bonds is 4. The zero-order chi connectivity index (χ0) is 14.9. The summed E-state index contributed by atoms with van der Waals surface area (Å²) in [5, 5.41) is 9.24. The van der Waals surface area contributed by atoms with Crippen molar-refractivity contribution in [2.45, 2.75) is 13.3 Å². The molecule has 0 bridgehead atoms. The number of carboxylic acids is 1. The van der Waals surface area contributed by atoms with E-state index >= 15 is 0 Å². The number of aromatic carboxylic acids is 1. The first-order valence-corrected chi connectivity index (χ1v) is 6.38. The van der Waals surface area contributed by atoms with Crippen LogP contribution in [-0.4, -0.2) is 21.8 Å². The summed E-state index contributed by atoms with van der Waals surface area (Å²) < 4.78 is 26.3. The number of aromatic nitrogens is 1. The van der Waals surface area contributed by atoms with Gasteiger partial charge in [0.05, 0.1) is 5.01 Å². The van der Waals surface area contributed by atoms with Crippen molar-refractivity contribution in [2.24, 2.45) is 0 Å². The highest BCUT2D eigenvalue weighted by atomic mass is 32.1. The van der Waals surface area contributed by atoms with Crippen LogP contribution in [0.3, 0.4) is 0 Å². The number of carboxylic acid groups (broad SMARTS) is 1. The van der Waals surface area contributed by atoms with Crippen LogP contribution in [0.25, 0.3) is 0 Å². The van der Waals surface area contributed by atoms with Crippen LogP contribution >= 0.6 is 11.3 Å². The number of thiazole rings is 1. The molecule has 0 amide bonds. The van der Waals surface area contributed by atoms with E-state index in [1.54, 1.807) is 0 Å². The molecule has 7 heteroatoms. The van der Waals surface area contributed by atoms with E-state index < -0.39 is 23.4 Å². The lowest BCUT2D eigenvalue weighted by Crippen LogP contribution is -2.03. The van der Waals surface area contributed by atoms with Crippen molar-refractivity contribution in [3.8, 4) is 0 Å². The maximum atomic E-state index is 13.5. The Kier molecular flexibility index (Phi) is 3.89. The minimum absolute atomic E-state index is 0.00431. The second kappa shape index (κ2) is 5.46. The smallest absolute Gasteiger partial charge is 0.356 e. The SMILES string of the molecule is CC(=O)c1sc(Cc2ccc(F)cc2F)nc1C(=O)O. The van der Waals surface area contributed by atoms with E-state index in [9.17, 15) is 18.4 Å². The Morgan fingerprint density at radius 3 is 2.55 bits per heavy atom. The van der Waals surface area contributed by atoms with Crippen molar-refractivity contribution in [3.63, 3.8) is 0 Å². The van der Waals surface area contributed by atoms with Gasteiger partial charge in [0.25, 0.3) is 0 Å². The molecule has 104 valence electrons. The molecule has 1 aromatic heterocycles. The molecule has 1 aromatic carbocycles. The molecule has 0 saturated carbocycles. The van der Waals surface area contributed by atoms with Crippen LogP contribution in [0, 0.1) is 11.6 Å². The predicted octanol–water partition coefficient (Wildman–Crippen LogP) is 2.91. The second-order valence-electron chi connectivity index (χ2n) is 4.06. The number of benzene rings is 1. The fraction of sp³-hybridized carbons (Fsp3) is 0.154. The van der Waals surface area contributed by atoms with Crippen molar-refractivity contribution in [1.29, 1.82) is 0 Å². The van der Waals surface area contributed by atoms with Crippen molar-refractivity contribution >= 4 is 23.1 Å². The van der Waals surface area contributed by atoms with Crippen LogP contribution in [0.15, 0.2) is 18.2 Å². The molecule has 4 nitrogen and oxygen atoms in total. The van der Waals surface area contributed by atoms with Gasteiger partial charge in [0.2, 0.25) is 0 Å². The van der Waals surface area contributed by atoms with Gasteiger partial charge in [-0.25, -0.2) is 18.6 Å². The zero-order valence-corrected chi connectivity index (χ0v) is 11.1. The summed E-state index contributed by atoms with van der Waals surface area (Å²) >= 11 is 0.902. The average Bonchev–Trinajstić information content (AvgIpc) is 2.77. The lowest BCUT2D eigenvalue weighted by atomic mass is 10.1.